The lowest BCUT2D eigenvalue weighted by Crippen LogP contribution is -1.99. The van der Waals surface area contributed by atoms with E-state index in [1.54, 1.807) is 42.5 Å². The van der Waals surface area contributed by atoms with E-state index in [0.717, 1.165) is 6.26 Å². The van der Waals surface area contributed by atoms with Crippen LogP contribution in [0.2, 0.25) is 0 Å². The normalized spacial score (nSPS) is 10.9. The SMILES string of the molecule is C=C(C)C(=O)O/C=C\Oc1ccc(-c2ccc(-c3ccc(O/C=C\OC)c(F)c3)cc2F)cc1. The fourth-order valence-corrected chi connectivity index (χ4v) is 2.87. The van der Waals surface area contributed by atoms with Crippen molar-refractivity contribution in [1.29, 1.82) is 0 Å². The molecule has 34 heavy (non-hydrogen) atoms. The van der Waals surface area contributed by atoms with E-state index in [1.807, 2.05) is 0 Å². The Morgan fingerprint density at radius 1 is 0.794 bits per heavy atom. The van der Waals surface area contributed by atoms with Crippen LogP contribution in [-0.2, 0) is 14.3 Å². The molecule has 0 unspecified atom stereocenters. The summed E-state index contributed by atoms with van der Waals surface area (Å²) < 4.78 is 49.1. The second kappa shape index (κ2) is 11.5. The van der Waals surface area contributed by atoms with Crippen molar-refractivity contribution in [3.05, 3.63) is 109 Å². The monoisotopic (exact) mass is 464 g/mol. The average Bonchev–Trinajstić information content (AvgIpc) is 2.83. The van der Waals surface area contributed by atoms with Gasteiger partial charge in [0.15, 0.2) is 11.6 Å². The molecular formula is C27H22F2O5. The zero-order valence-corrected chi connectivity index (χ0v) is 18.6. The molecule has 0 aromatic heterocycles. The zero-order valence-electron chi connectivity index (χ0n) is 18.6. The van der Waals surface area contributed by atoms with Gasteiger partial charge < -0.3 is 18.9 Å². The molecule has 0 fully saturated rings. The second-order valence-corrected chi connectivity index (χ2v) is 7.07. The third kappa shape index (κ3) is 6.32. The van der Waals surface area contributed by atoms with Gasteiger partial charge in [-0.25, -0.2) is 13.6 Å². The molecule has 174 valence electrons. The largest absolute Gasteiger partial charge is 0.501 e. The van der Waals surface area contributed by atoms with Crippen molar-refractivity contribution in [2.24, 2.45) is 0 Å². The van der Waals surface area contributed by atoms with Crippen LogP contribution in [0.1, 0.15) is 6.92 Å². The minimum atomic E-state index is -0.582. The first-order chi connectivity index (χ1) is 16.4. The van der Waals surface area contributed by atoms with Gasteiger partial charge >= 0.3 is 5.97 Å². The Balaban J connectivity index is 1.70. The van der Waals surface area contributed by atoms with E-state index in [-0.39, 0.29) is 11.3 Å². The lowest BCUT2D eigenvalue weighted by Gasteiger charge is -2.09. The number of benzene rings is 3. The molecule has 5 nitrogen and oxygen atoms in total. The summed E-state index contributed by atoms with van der Waals surface area (Å²) in [5, 5.41) is 0. The Morgan fingerprint density at radius 3 is 2.03 bits per heavy atom. The highest BCUT2D eigenvalue weighted by atomic mass is 19.1. The molecule has 0 N–H and O–H groups in total. The van der Waals surface area contributed by atoms with Crippen LogP contribution in [0.15, 0.2) is 97.9 Å². The topological polar surface area (TPSA) is 54.0 Å². The average molecular weight is 464 g/mol. The van der Waals surface area contributed by atoms with Crippen LogP contribution in [0.5, 0.6) is 11.5 Å². The van der Waals surface area contributed by atoms with Crippen LogP contribution in [0, 0.1) is 11.6 Å². The summed E-state index contributed by atoms with van der Waals surface area (Å²) in [7, 11) is 1.45. The summed E-state index contributed by atoms with van der Waals surface area (Å²) in [5.41, 5.74) is 2.32. The van der Waals surface area contributed by atoms with Crippen molar-refractivity contribution in [2.75, 3.05) is 7.11 Å². The maximum absolute atomic E-state index is 14.9. The summed E-state index contributed by atoms with van der Waals surface area (Å²) >= 11 is 0. The number of esters is 1. The Morgan fingerprint density at radius 2 is 1.41 bits per heavy atom. The van der Waals surface area contributed by atoms with Crippen LogP contribution in [0.3, 0.4) is 0 Å². The minimum absolute atomic E-state index is 0.0280. The summed E-state index contributed by atoms with van der Waals surface area (Å²) in [6.07, 6.45) is 4.83. The van der Waals surface area contributed by atoms with Gasteiger partial charge in [-0.3, -0.25) is 0 Å². The van der Waals surface area contributed by atoms with E-state index in [0.29, 0.717) is 28.0 Å². The number of hydrogen-bond donors (Lipinski definition) is 0. The van der Waals surface area contributed by atoms with Crippen LogP contribution in [0.4, 0.5) is 8.78 Å². The molecule has 0 bridgehead atoms. The predicted molar refractivity (Wildman–Crippen MR) is 125 cm³/mol. The highest BCUT2D eigenvalue weighted by Gasteiger charge is 2.10. The summed E-state index contributed by atoms with van der Waals surface area (Å²) in [6, 6.07) is 15.8. The van der Waals surface area contributed by atoms with Crippen LogP contribution in [-0.4, -0.2) is 13.1 Å². The number of hydrogen-bond acceptors (Lipinski definition) is 5. The van der Waals surface area contributed by atoms with Gasteiger partial charge in [0.25, 0.3) is 0 Å². The first kappa shape index (κ1) is 24.3. The van der Waals surface area contributed by atoms with Crippen molar-refractivity contribution >= 4 is 5.97 Å². The molecular weight excluding hydrogens is 442 g/mol. The Labute approximate surface area is 196 Å². The number of methoxy groups -OCH3 is 1. The summed E-state index contributed by atoms with van der Waals surface area (Å²) in [6.45, 7) is 5.01. The fourth-order valence-electron chi connectivity index (χ4n) is 2.87. The number of ether oxygens (including phenoxy) is 4. The quantitative estimate of drug-likeness (QED) is 0.199. The van der Waals surface area contributed by atoms with Gasteiger partial charge in [0.2, 0.25) is 0 Å². The summed E-state index contributed by atoms with van der Waals surface area (Å²) in [4.78, 5) is 11.3. The van der Waals surface area contributed by atoms with Gasteiger partial charge in [-0.1, -0.05) is 36.9 Å². The Kier molecular flexibility index (Phi) is 8.18. The van der Waals surface area contributed by atoms with Crippen LogP contribution < -0.4 is 9.47 Å². The molecule has 0 radical (unpaired) electrons. The predicted octanol–water partition coefficient (Wildman–Crippen LogP) is 6.76. The molecule has 3 rings (SSSR count). The molecule has 0 saturated heterocycles. The Hall–Kier alpha value is -4.39. The van der Waals surface area contributed by atoms with Crippen molar-refractivity contribution in [2.45, 2.75) is 6.92 Å². The van der Waals surface area contributed by atoms with Crippen molar-refractivity contribution < 1.29 is 32.5 Å². The summed E-state index contributed by atoms with van der Waals surface area (Å²) in [5.74, 6) is -1.09. The number of carbonyl (C=O) groups excluding carboxylic acids is 1. The van der Waals surface area contributed by atoms with Gasteiger partial charge in [-0.2, -0.15) is 0 Å². The van der Waals surface area contributed by atoms with E-state index in [4.69, 9.17) is 18.9 Å². The number of carbonyl (C=O) groups is 1. The number of halogens is 2. The first-order valence-electron chi connectivity index (χ1n) is 10.1. The van der Waals surface area contributed by atoms with E-state index >= 15 is 0 Å². The molecule has 0 heterocycles. The molecule has 0 saturated carbocycles. The van der Waals surface area contributed by atoms with Gasteiger partial charge in [0.05, 0.1) is 7.11 Å². The molecule has 0 amide bonds. The van der Waals surface area contributed by atoms with E-state index in [9.17, 15) is 13.6 Å². The molecule has 0 spiro atoms. The van der Waals surface area contributed by atoms with Crippen LogP contribution >= 0.6 is 0 Å². The molecule has 7 heteroatoms. The lowest BCUT2D eigenvalue weighted by molar-refractivity contribution is -0.133. The highest BCUT2D eigenvalue weighted by molar-refractivity contribution is 5.87. The van der Waals surface area contributed by atoms with Crippen molar-refractivity contribution in [3.63, 3.8) is 0 Å². The van der Waals surface area contributed by atoms with Gasteiger partial charge in [-0.05, 0) is 53.9 Å². The smallest absolute Gasteiger partial charge is 0.338 e. The molecule has 3 aromatic carbocycles. The van der Waals surface area contributed by atoms with E-state index < -0.39 is 17.6 Å². The van der Waals surface area contributed by atoms with Crippen molar-refractivity contribution in [1.82, 2.24) is 0 Å². The van der Waals surface area contributed by atoms with E-state index in [2.05, 4.69) is 6.58 Å². The highest BCUT2D eigenvalue weighted by Crippen LogP contribution is 2.31. The Bertz CT molecular complexity index is 1230. The molecule has 0 atom stereocenters. The van der Waals surface area contributed by atoms with Crippen molar-refractivity contribution in [3.8, 4) is 33.8 Å². The third-order valence-corrected chi connectivity index (χ3v) is 4.57. The molecule has 3 aromatic rings. The van der Waals surface area contributed by atoms with Gasteiger partial charge in [0, 0.05) is 11.1 Å². The van der Waals surface area contributed by atoms with Gasteiger partial charge in [0.1, 0.15) is 36.6 Å². The second-order valence-electron chi connectivity index (χ2n) is 7.07. The lowest BCUT2D eigenvalue weighted by atomic mass is 9.99. The zero-order chi connectivity index (χ0) is 24.5. The third-order valence-electron chi connectivity index (χ3n) is 4.57. The van der Waals surface area contributed by atoms with E-state index in [1.165, 1.54) is 51.0 Å². The fraction of sp³-hybridized carbons (Fsp3) is 0.0741. The minimum Gasteiger partial charge on any atom is -0.501 e. The molecule has 0 aliphatic carbocycles. The van der Waals surface area contributed by atoms with Crippen LogP contribution in [0.25, 0.3) is 22.3 Å². The number of rotatable bonds is 9. The maximum atomic E-state index is 14.9. The first-order valence-corrected chi connectivity index (χ1v) is 10.1. The standard InChI is InChI=1S/C27H22F2O5/c1-18(2)27(30)34-15-14-32-22-8-4-19(5-9-22)23-10-6-20(16-24(23)28)21-7-11-26(25(29)17-21)33-13-12-31-3/h4-17H,1H2,2-3H3/b13-12-,15-14-. The molecule has 0 aliphatic rings. The van der Waals surface area contributed by atoms with Gasteiger partial charge in [-0.15, -0.1) is 0 Å². The maximum Gasteiger partial charge on any atom is 0.338 e. The molecule has 0 aliphatic heterocycles.